The van der Waals surface area contributed by atoms with Crippen molar-refractivity contribution in [2.75, 3.05) is 0 Å². The molecule has 0 spiro atoms. The molecule has 0 saturated heterocycles. The molecular weight excluding hydrogens is 559 g/mol. The van der Waals surface area contributed by atoms with Crippen LogP contribution in [-0.2, 0) is 16.3 Å². The number of aromatic hydroxyl groups is 1. The predicted molar refractivity (Wildman–Crippen MR) is 152 cm³/mol. The number of benzene rings is 3. The first-order valence-corrected chi connectivity index (χ1v) is 14.8. The molecule has 0 bridgehead atoms. The first-order valence-electron chi connectivity index (χ1n) is 13.3. The van der Waals surface area contributed by atoms with E-state index in [2.05, 4.69) is 4.98 Å². The summed E-state index contributed by atoms with van der Waals surface area (Å²) in [6, 6.07) is 16.9. The summed E-state index contributed by atoms with van der Waals surface area (Å²) in [5.41, 5.74) is 6.13. The van der Waals surface area contributed by atoms with Crippen LogP contribution in [0.1, 0.15) is 59.5 Å². The molecule has 42 heavy (non-hydrogen) atoms. The van der Waals surface area contributed by atoms with Crippen LogP contribution < -0.4 is 11.3 Å². The Labute approximate surface area is 241 Å². The minimum Gasteiger partial charge on any atom is -0.492 e. The van der Waals surface area contributed by atoms with Gasteiger partial charge >= 0.3 is 0 Å². The van der Waals surface area contributed by atoms with Crippen LogP contribution in [0, 0.1) is 23.1 Å². The molecule has 0 radical (unpaired) electrons. The lowest BCUT2D eigenvalue weighted by Gasteiger charge is -2.23. The number of hydrogen-bond donors (Lipinski definition) is 2. The Morgan fingerprint density at radius 2 is 1.86 bits per heavy atom. The van der Waals surface area contributed by atoms with E-state index in [1.807, 2.05) is 6.07 Å². The monoisotopic (exact) mass is 586 g/mol. The van der Waals surface area contributed by atoms with Gasteiger partial charge in [0.05, 0.1) is 22.6 Å². The molecule has 0 aliphatic heterocycles. The van der Waals surface area contributed by atoms with Crippen LogP contribution >= 0.6 is 0 Å². The summed E-state index contributed by atoms with van der Waals surface area (Å²) in [7, 11) is -4.59. The van der Waals surface area contributed by atoms with E-state index in [1.165, 1.54) is 41.0 Å². The first kappa shape index (κ1) is 28.7. The highest BCUT2D eigenvalue weighted by atomic mass is 32.2. The molecule has 1 fully saturated rings. The van der Waals surface area contributed by atoms with Gasteiger partial charge in [0, 0.05) is 12.0 Å². The molecule has 1 heterocycles. The van der Waals surface area contributed by atoms with Gasteiger partial charge in [-0.2, -0.15) is 10.2 Å². The summed E-state index contributed by atoms with van der Waals surface area (Å²) in [6.07, 6.45) is 2.38. The number of carbonyl (C=O) groups is 1. The van der Waals surface area contributed by atoms with Crippen LogP contribution in [0.4, 0.5) is 4.39 Å². The molecule has 1 aliphatic carbocycles. The van der Waals surface area contributed by atoms with Gasteiger partial charge in [-0.25, -0.2) is 12.8 Å². The number of sulfone groups is 1. The van der Waals surface area contributed by atoms with Crippen LogP contribution in [0.5, 0.6) is 5.88 Å². The van der Waals surface area contributed by atoms with E-state index in [0.717, 1.165) is 18.9 Å². The van der Waals surface area contributed by atoms with Crippen molar-refractivity contribution in [3.8, 4) is 23.1 Å². The van der Waals surface area contributed by atoms with Crippen molar-refractivity contribution in [2.45, 2.75) is 48.4 Å². The maximum Gasteiger partial charge on any atom is 0.277 e. The number of nitrogens with zero attached hydrogens (tertiary/aromatic N) is 3. The van der Waals surface area contributed by atoms with Crippen LogP contribution in [-0.4, -0.2) is 29.0 Å². The van der Waals surface area contributed by atoms with Gasteiger partial charge in [0.1, 0.15) is 11.6 Å². The Hall–Kier alpha value is -4.82. The lowest BCUT2D eigenvalue weighted by Crippen LogP contribution is -2.33. The zero-order valence-corrected chi connectivity index (χ0v) is 23.4. The summed E-state index contributed by atoms with van der Waals surface area (Å²) in [4.78, 5) is 28.9. The largest absolute Gasteiger partial charge is 0.492 e. The van der Waals surface area contributed by atoms with Gasteiger partial charge < -0.3 is 10.8 Å². The van der Waals surface area contributed by atoms with E-state index >= 15 is 0 Å². The van der Waals surface area contributed by atoms with Crippen molar-refractivity contribution >= 4 is 15.7 Å². The van der Waals surface area contributed by atoms with Gasteiger partial charge in [-0.1, -0.05) is 37.3 Å². The number of amides is 1. The molecule has 11 heteroatoms. The van der Waals surface area contributed by atoms with Crippen molar-refractivity contribution in [3.05, 3.63) is 105 Å². The average Bonchev–Trinajstić information content (AvgIpc) is 3.78. The number of rotatable bonds is 9. The standard InChI is InChI=1S/C31H27FN4O5S/c1-2-26(21-13-19(17-33)14-22(32)16-21)36-27(15-18-7-8-18)35-30(38)28(31(36)39)42(40,41)23-11-9-20(10-12-23)24-5-3-4-6-25(24)29(34)37/h3-6,9-14,16,18,26,38H,2,7-8,15H2,1H3,(H2,34,37)/t26-/m0/s1. The van der Waals surface area contributed by atoms with Crippen molar-refractivity contribution in [1.82, 2.24) is 9.55 Å². The van der Waals surface area contributed by atoms with Crippen LogP contribution in [0.3, 0.4) is 0 Å². The lowest BCUT2D eigenvalue weighted by molar-refractivity contribution is 0.100. The molecule has 1 aromatic heterocycles. The van der Waals surface area contributed by atoms with Crippen molar-refractivity contribution < 1.29 is 22.7 Å². The highest BCUT2D eigenvalue weighted by Crippen LogP contribution is 2.35. The third-order valence-electron chi connectivity index (χ3n) is 7.37. The smallest absolute Gasteiger partial charge is 0.277 e. The third kappa shape index (κ3) is 5.41. The maximum absolute atomic E-state index is 14.4. The Balaban J connectivity index is 1.65. The third-order valence-corrected chi connectivity index (χ3v) is 9.15. The van der Waals surface area contributed by atoms with E-state index in [1.54, 1.807) is 31.2 Å². The van der Waals surface area contributed by atoms with Gasteiger partial charge in [-0.05, 0) is 78.3 Å². The molecule has 1 amide bonds. The second-order valence-electron chi connectivity index (χ2n) is 10.3. The SMILES string of the molecule is CC[C@@H](c1cc(F)cc(C#N)c1)n1c(CC2CC2)nc(O)c(S(=O)(=O)c2ccc(-c3ccccc3C(N)=O)cc2)c1=O. The van der Waals surface area contributed by atoms with Crippen molar-refractivity contribution in [2.24, 2.45) is 11.7 Å². The zero-order valence-electron chi connectivity index (χ0n) is 22.6. The van der Waals surface area contributed by atoms with Gasteiger partial charge in [0.25, 0.3) is 5.56 Å². The highest BCUT2D eigenvalue weighted by Gasteiger charge is 2.34. The fourth-order valence-electron chi connectivity index (χ4n) is 5.15. The minimum atomic E-state index is -4.59. The normalized spacial score (nSPS) is 13.8. The first-order chi connectivity index (χ1) is 20.0. The van der Waals surface area contributed by atoms with Gasteiger partial charge in [-0.3, -0.25) is 14.2 Å². The number of primary amides is 1. The zero-order chi connectivity index (χ0) is 30.2. The average molecular weight is 587 g/mol. The lowest BCUT2D eigenvalue weighted by atomic mass is 9.99. The number of halogens is 1. The molecule has 214 valence electrons. The highest BCUT2D eigenvalue weighted by molar-refractivity contribution is 7.91. The summed E-state index contributed by atoms with van der Waals surface area (Å²) in [6.45, 7) is 1.75. The summed E-state index contributed by atoms with van der Waals surface area (Å²) in [5, 5.41) is 20.2. The molecule has 5 rings (SSSR count). The van der Waals surface area contributed by atoms with Gasteiger partial charge in [-0.15, -0.1) is 0 Å². The molecular formula is C31H27FN4O5S. The van der Waals surface area contributed by atoms with Gasteiger partial charge in [0.2, 0.25) is 21.6 Å². The molecule has 4 aromatic rings. The minimum absolute atomic E-state index is 0.0535. The number of nitriles is 1. The number of hydrogen-bond acceptors (Lipinski definition) is 7. The fourth-order valence-corrected chi connectivity index (χ4v) is 6.49. The second-order valence-corrected chi connectivity index (χ2v) is 12.1. The molecule has 1 saturated carbocycles. The number of nitrogens with two attached hydrogens (primary N) is 1. The molecule has 3 aromatic carbocycles. The van der Waals surface area contributed by atoms with E-state index in [9.17, 15) is 32.8 Å². The molecule has 1 aliphatic rings. The second kappa shape index (κ2) is 11.2. The maximum atomic E-state index is 14.4. The Kier molecular flexibility index (Phi) is 7.67. The van der Waals surface area contributed by atoms with Crippen molar-refractivity contribution in [3.63, 3.8) is 0 Å². The Morgan fingerprint density at radius 1 is 1.17 bits per heavy atom. The van der Waals surface area contributed by atoms with E-state index in [-0.39, 0.29) is 34.2 Å². The van der Waals surface area contributed by atoms with Crippen LogP contribution in [0.25, 0.3) is 11.1 Å². The molecule has 1 atom stereocenters. The summed E-state index contributed by atoms with van der Waals surface area (Å²) < 4.78 is 43.2. The van der Waals surface area contributed by atoms with E-state index in [4.69, 9.17) is 5.73 Å². The van der Waals surface area contributed by atoms with Crippen LogP contribution in [0.2, 0.25) is 0 Å². The number of carbonyl (C=O) groups excluding carboxylic acids is 1. The Morgan fingerprint density at radius 3 is 2.48 bits per heavy atom. The fraction of sp³-hybridized carbons (Fsp3) is 0.226. The van der Waals surface area contributed by atoms with E-state index < -0.39 is 43.9 Å². The predicted octanol–water partition coefficient (Wildman–Crippen LogP) is 4.51. The molecule has 9 nitrogen and oxygen atoms in total. The van der Waals surface area contributed by atoms with E-state index in [0.29, 0.717) is 23.1 Å². The summed E-state index contributed by atoms with van der Waals surface area (Å²) in [5.74, 6) is -1.82. The molecule has 0 unspecified atom stereocenters. The quantitative estimate of drug-likeness (QED) is 0.292. The summed E-state index contributed by atoms with van der Waals surface area (Å²) >= 11 is 0. The number of aromatic nitrogens is 2. The topological polar surface area (TPSA) is 156 Å². The van der Waals surface area contributed by atoms with Crippen molar-refractivity contribution in [1.29, 1.82) is 5.26 Å². The Bertz CT molecular complexity index is 1910. The van der Waals surface area contributed by atoms with Crippen LogP contribution in [0.15, 0.2) is 81.3 Å². The molecule has 3 N–H and O–H groups in total. The van der Waals surface area contributed by atoms with Gasteiger partial charge in [0.15, 0.2) is 4.90 Å².